The van der Waals surface area contributed by atoms with Crippen LogP contribution in [0.3, 0.4) is 0 Å². The molecule has 2 aromatic heterocycles. The van der Waals surface area contributed by atoms with Gasteiger partial charge in [0.1, 0.15) is 0 Å². The molecule has 210 valence electrons. The first kappa shape index (κ1) is 25.1. The molecule has 0 bridgehead atoms. The summed E-state index contributed by atoms with van der Waals surface area (Å²) in [5.74, 6) is 0. The molecule has 2 heterocycles. The Hall–Kier alpha value is -5.22. The van der Waals surface area contributed by atoms with Crippen LogP contribution in [0.1, 0.15) is 0 Å². The quantitative estimate of drug-likeness (QED) is 0.181. The Kier molecular flexibility index (Phi) is 5.39. The van der Waals surface area contributed by atoms with E-state index >= 15 is 0 Å². The standard InChI is InChI=1S/C42H25NS2/c1-2-10-27(11-3-1)43(29-20-23-39-36(25-29)31-12-6-8-16-37(31)44-39)28-19-22-30-26(24-28)18-21-35-40(30)32-13-4-5-14-33(32)41-34-15-7-9-17-38(34)45-42(35)41/h1-25H. The summed E-state index contributed by atoms with van der Waals surface area (Å²) in [6.07, 6.45) is 0. The van der Waals surface area contributed by atoms with E-state index < -0.39 is 0 Å². The Morgan fingerprint density at radius 3 is 1.76 bits per heavy atom. The number of fused-ring (bicyclic) bond motifs is 13. The molecule has 0 saturated carbocycles. The lowest BCUT2D eigenvalue weighted by molar-refractivity contribution is 1.30. The van der Waals surface area contributed by atoms with Gasteiger partial charge in [0, 0.05) is 62.8 Å². The zero-order valence-electron chi connectivity index (χ0n) is 24.2. The third-order valence-electron chi connectivity index (χ3n) is 9.20. The number of benzene rings is 8. The van der Waals surface area contributed by atoms with E-state index in [-0.39, 0.29) is 0 Å². The van der Waals surface area contributed by atoms with Crippen LogP contribution in [0.25, 0.3) is 72.7 Å². The number of para-hydroxylation sites is 1. The van der Waals surface area contributed by atoms with Crippen molar-refractivity contribution in [1.82, 2.24) is 0 Å². The SMILES string of the molecule is c1ccc(N(c2ccc3c(ccc4c5sc6ccccc6c5c5ccccc5c34)c2)c2ccc3sc4ccccc4c3c2)cc1. The highest BCUT2D eigenvalue weighted by molar-refractivity contribution is 7.27. The minimum absolute atomic E-state index is 1.15. The fourth-order valence-electron chi connectivity index (χ4n) is 7.23. The van der Waals surface area contributed by atoms with Gasteiger partial charge in [-0.25, -0.2) is 0 Å². The van der Waals surface area contributed by atoms with Crippen LogP contribution in [-0.2, 0) is 0 Å². The van der Waals surface area contributed by atoms with Gasteiger partial charge in [-0.05, 0) is 81.5 Å². The minimum atomic E-state index is 1.15. The molecule has 8 aromatic carbocycles. The Morgan fingerprint density at radius 2 is 0.933 bits per heavy atom. The lowest BCUT2D eigenvalue weighted by Gasteiger charge is -2.26. The molecule has 45 heavy (non-hydrogen) atoms. The fraction of sp³-hybridized carbons (Fsp3) is 0. The normalized spacial score (nSPS) is 12.0. The molecule has 0 aliphatic heterocycles. The van der Waals surface area contributed by atoms with E-state index in [4.69, 9.17) is 0 Å². The zero-order chi connectivity index (χ0) is 29.5. The van der Waals surface area contributed by atoms with Gasteiger partial charge in [0.05, 0.1) is 0 Å². The van der Waals surface area contributed by atoms with Crippen molar-refractivity contribution in [3.05, 3.63) is 152 Å². The van der Waals surface area contributed by atoms with E-state index in [2.05, 4.69) is 157 Å². The van der Waals surface area contributed by atoms with Crippen LogP contribution < -0.4 is 4.90 Å². The van der Waals surface area contributed by atoms with Gasteiger partial charge < -0.3 is 4.90 Å². The second-order valence-electron chi connectivity index (χ2n) is 11.7. The van der Waals surface area contributed by atoms with Crippen LogP contribution in [-0.4, -0.2) is 0 Å². The molecule has 0 fully saturated rings. The van der Waals surface area contributed by atoms with Crippen molar-refractivity contribution in [1.29, 1.82) is 0 Å². The van der Waals surface area contributed by atoms with Gasteiger partial charge in [0.25, 0.3) is 0 Å². The Labute approximate surface area is 267 Å². The predicted octanol–water partition coefficient (Wildman–Crippen LogP) is 13.4. The van der Waals surface area contributed by atoms with Crippen molar-refractivity contribution >= 4 is 112 Å². The maximum Gasteiger partial charge on any atom is 0.0468 e. The number of anilines is 3. The van der Waals surface area contributed by atoms with Crippen molar-refractivity contribution < 1.29 is 0 Å². The summed E-state index contributed by atoms with van der Waals surface area (Å²) in [5.41, 5.74) is 3.46. The number of hydrogen-bond acceptors (Lipinski definition) is 3. The van der Waals surface area contributed by atoms with Gasteiger partial charge in [0.2, 0.25) is 0 Å². The largest absolute Gasteiger partial charge is 0.310 e. The van der Waals surface area contributed by atoms with E-state index in [1.807, 2.05) is 22.7 Å². The van der Waals surface area contributed by atoms with E-state index in [9.17, 15) is 0 Å². The van der Waals surface area contributed by atoms with E-state index in [0.717, 1.165) is 17.1 Å². The molecule has 0 N–H and O–H groups in total. The predicted molar refractivity (Wildman–Crippen MR) is 199 cm³/mol. The second-order valence-corrected chi connectivity index (χ2v) is 13.8. The molecule has 10 rings (SSSR count). The summed E-state index contributed by atoms with van der Waals surface area (Å²) in [6, 6.07) is 55.8. The molecule has 1 nitrogen and oxygen atoms in total. The highest BCUT2D eigenvalue weighted by Crippen LogP contribution is 2.47. The van der Waals surface area contributed by atoms with Crippen LogP contribution >= 0.6 is 22.7 Å². The Bertz CT molecular complexity index is 2770. The summed E-state index contributed by atoms with van der Waals surface area (Å²) in [5, 5.41) is 13.2. The molecular formula is C42H25NS2. The topological polar surface area (TPSA) is 3.24 Å². The summed E-state index contributed by atoms with van der Waals surface area (Å²) < 4.78 is 5.36. The molecule has 0 saturated heterocycles. The number of thiophene rings is 2. The lowest BCUT2D eigenvalue weighted by Crippen LogP contribution is -2.09. The van der Waals surface area contributed by atoms with Crippen LogP contribution in [0.5, 0.6) is 0 Å². The van der Waals surface area contributed by atoms with Crippen molar-refractivity contribution in [2.45, 2.75) is 0 Å². The van der Waals surface area contributed by atoms with Crippen molar-refractivity contribution in [2.24, 2.45) is 0 Å². The van der Waals surface area contributed by atoms with Crippen LogP contribution in [0.2, 0.25) is 0 Å². The molecule has 3 heteroatoms. The van der Waals surface area contributed by atoms with Crippen molar-refractivity contribution in [2.75, 3.05) is 4.90 Å². The molecule has 0 atom stereocenters. The molecular weight excluding hydrogens is 583 g/mol. The third kappa shape index (κ3) is 3.72. The Morgan fingerprint density at radius 1 is 0.333 bits per heavy atom. The molecule has 0 amide bonds. The number of nitrogens with zero attached hydrogens (tertiary/aromatic N) is 1. The highest BCUT2D eigenvalue weighted by atomic mass is 32.1. The summed E-state index contributed by atoms with van der Waals surface area (Å²) in [4.78, 5) is 2.39. The summed E-state index contributed by atoms with van der Waals surface area (Å²) in [7, 11) is 0. The average Bonchev–Trinajstić information content (AvgIpc) is 3.67. The second kappa shape index (κ2) is 9.64. The van der Waals surface area contributed by atoms with E-state index in [0.29, 0.717) is 0 Å². The maximum atomic E-state index is 2.39. The van der Waals surface area contributed by atoms with Gasteiger partial charge in [-0.1, -0.05) is 97.1 Å². The number of hydrogen-bond donors (Lipinski definition) is 0. The molecule has 0 spiro atoms. The van der Waals surface area contributed by atoms with Crippen LogP contribution in [0, 0.1) is 0 Å². The molecule has 0 radical (unpaired) electrons. The average molecular weight is 608 g/mol. The fourth-order valence-corrected chi connectivity index (χ4v) is 9.57. The first-order valence-corrected chi connectivity index (χ1v) is 16.9. The highest BCUT2D eigenvalue weighted by Gasteiger charge is 2.18. The van der Waals surface area contributed by atoms with Crippen LogP contribution in [0.4, 0.5) is 17.1 Å². The van der Waals surface area contributed by atoms with Gasteiger partial charge in [-0.2, -0.15) is 0 Å². The monoisotopic (exact) mass is 607 g/mol. The van der Waals surface area contributed by atoms with Gasteiger partial charge >= 0.3 is 0 Å². The lowest BCUT2D eigenvalue weighted by atomic mass is 9.93. The van der Waals surface area contributed by atoms with E-state index in [1.54, 1.807) is 0 Å². The van der Waals surface area contributed by atoms with Crippen molar-refractivity contribution in [3.63, 3.8) is 0 Å². The third-order valence-corrected chi connectivity index (χ3v) is 11.6. The number of rotatable bonds is 3. The van der Waals surface area contributed by atoms with Crippen molar-refractivity contribution in [3.8, 4) is 0 Å². The van der Waals surface area contributed by atoms with Gasteiger partial charge in [-0.15, -0.1) is 22.7 Å². The smallest absolute Gasteiger partial charge is 0.0468 e. The summed E-state index contributed by atoms with van der Waals surface area (Å²) in [6.45, 7) is 0. The first-order chi connectivity index (χ1) is 22.3. The minimum Gasteiger partial charge on any atom is -0.310 e. The zero-order valence-corrected chi connectivity index (χ0v) is 25.8. The maximum absolute atomic E-state index is 2.39. The van der Waals surface area contributed by atoms with Gasteiger partial charge in [-0.3, -0.25) is 0 Å². The van der Waals surface area contributed by atoms with Gasteiger partial charge in [0.15, 0.2) is 0 Å². The Balaban J connectivity index is 1.23. The molecule has 10 aromatic rings. The molecule has 0 aliphatic carbocycles. The first-order valence-electron chi connectivity index (χ1n) is 15.3. The van der Waals surface area contributed by atoms with E-state index in [1.165, 1.54) is 72.7 Å². The molecule has 0 unspecified atom stereocenters. The molecule has 0 aliphatic rings. The summed E-state index contributed by atoms with van der Waals surface area (Å²) >= 11 is 3.77. The van der Waals surface area contributed by atoms with Crippen LogP contribution in [0.15, 0.2) is 152 Å².